The number of hydrogen-bond acceptors (Lipinski definition) is 6. The summed E-state index contributed by atoms with van der Waals surface area (Å²) in [4.78, 5) is 0. The van der Waals surface area contributed by atoms with Crippen molar-refractivity contribution >= 4 is 27.3 Å². The van der Waals surface area contributed by atoms with Crippen LogP contribution in [0.5, 0.6) is 0 Å². The van der Waals surface area contributed by atoms with E-state index >= 15 is 0 Å². The first-order chi connectivity index (χ1) is 17.9. The van der Waals surface area contributed by atoms with Gasteiger partial charge < -0.3 is 18.1 Å². The average molecular weight is 557 g/mol. The van der Waals surface area contributed by atoms with Gasteiger partial charge in [-0.2, -0.15) is 0 Å². The van der Waals surface area contributed by atoms with Crippen LogP contribution in [0.1, 0.15) is 110 Å². The molecule has 1 aromatic rings. The van der Waals surface area contributed by atoms with Crippen LogP contribution in [0.3, 0.4) is 0 Å². The molecule has 0 unspecified atom stereocenters. The average Bonchev–Trinajstić information content (AvgIpc) is 2.87. The zero-order chi connectivity index (χ0) is 27.4. The molecule has 1 rings (SSSR count). The fourth-order valence-corrected chi connectivity index (χ4v) is 8.57. The topological polar surface area (TPSA) is 71.1 Å². The molecule has 37 heavy (non-hydrogen) atoms. The van der Waals surface area contributed by atoms with E-state index in [1.165, 1.54) is 51.4 Å². The van der Waals surface area contributed by atoms with Gasteiger partial charge >= 0.3 is 15.2 Å². The van der Waals surface area contributed by atoms with Gasteiger partial charge in [-0.3, -0.25) is 9.13 Å². The molecular formula is C29H50O6P2. The lowest BCUT2D eigenvalue weighted by Crippen LogP contribution is -2.05. The molecule has 0 fully saturated rings. The summed E-state index contributed by atoms with van der Waals surface area (Å²) in [6.45, 7) is 9.66. The van der Waals surface area contributed by atoms with Crippen LogP contribution in [0, 0.1) is 0 Å². The van der Waals surface area contributed by atoms with Gasteiger partial charge in [0.1, 0.15) is 0 Å². The molecule has 8 heteroatoms. The predicted molar refractivity (Wildman–Crippen MR) is 157 cm³/mol. The maximum Gasteiger partial charge on any atom is 0.369 e. The first kappa shape index (κ1) is 34.0. The van der Waals surface area contributed by atoms with Crippen LogP contribution in [0.4, 0.5) is 0 Å². The van der Waals surface area contributed by atoms with Crippen molar-refractivity contribution in [3.63, 3.8) is 0 Å². The highest BCUT2D eigenvalue weighted by molar-refractivity contribution is 7.79. The minimum Gasteiger partial charge on any atom is -0.305 e. The second-order valence-corrected chi connectivity index (χ2v) is 13.2. The number of rotatable bonds is 22. The van der Waals surface area contributed by atoms with Gasteiger partial charge in [-0.1, -0.05) is 94.7 Å². The molecule has 0 bridgehead atoms. The SMILES string of the molecule is CCCCCCCCCCC/C=C\c1ccccc1C=C(P(=O)(OCC)OCC)P(=O)(OCC)OCC. The van der Waals surface area contributed by atoms with Gasteiger partial charge in [0.05, 0.1) is 26.4 Å². The summed E-state index contributed by atoms with van der Waals surface area (Å²) in [5.74, 6) is 0. The second-order valence-electron chi connectivity index (χ2n) is 8.82. The van der Waals surface area contributed by atoms with Crippen LogP contribution in [0.15, 0.2) is 35.4 Å². The van der Waals surface area contributed by atoms with E-state index in [0.717, 1.165) is 24.0 Å². The van der Waals surface area contributed by atoms with Gasteiger partial charge in [-0.15, -0.1) is 0 Å². The van der Waals surface area contributed by atoms with Gasteiger partial charge in [0, 0.05) is 0 Å². The van der Waals surface area contributed by atoms with Gasteiger partial charge in [0.25, 0.3) is 0 Å². The smallest absolute Gasteiger partial charge is 0.305 e. The number of hydrogen-bond donors (Lipinski definition) is 0. The van der Waals surface area contributed by atoms with Crippen LogP contribution in [0.2, 0.25) is 0 Å². The molecule has 0 atom stereocenters. The molecule has 1 aromatic carbocycles. The molecular weight excluding hydrogens is 506 g/mol. The number of benzene rings is 1. The zero-order valence-electron chi connectivity index (χ0n) is 23.8. The molecule has 0 amide bonds. The summed E-state index contributed by atoms with van der Waals surface area (Å²) >= 11 is 0. The number of allylic oxidation sites excluding steroid dienone is 1. The molecule has 0 saturated heterocycles. The Kier molecular flexibility index (Phi) is 18.4. The Morgan fingerprint density at radius 2 is 1.08 bits per heavy atom. The van der Waals surface area contributed by atoms with Gasteiger partial charge in [-0.25, -0.2) is 0 Å². The lowest BCUT2D eigenvalue weighted by Gasteiger charge is -2.26. The molecule has 212 valence electrons. The minimum atomic E-state index is -3.93. The first-order valence-corrected chi connectivity index (χ1v) is 17.3. The van der Waals surface area contributed by atoms with E-state index in [1.807, 2.05) is 24.3 Å². The molecule has 0 aliphatic carbocycles. The quantitative estimate of drug-likeness (QED) is 0.104. The fourth-order valence-electron chi connectivity index (χ4n) is 4.04. The Labute approximate surface area is 226 Å². The maximum atomic E-state index is 13.8. The van der Waals surface area contributed by atoms with Crippen molar-refractivity contribution in [3.8, 4) is 0 Å². The molecule has 6 nitrogen and oxygen atoms in total. The maximum absolute atomic E-state index is 13.8. The Bertz CT molecular complexity index is 844. The van der Waals surface area contributed by atoms with Crippen molar-refractivity contribution in [2.75, 3.05) is 26.4 Å². The van der Waals surface area contributed by atoms with Crippen molar-refractivity contribution in [3.05, 3.63) is 46.5 Å². The summed E-state index contributed by atoms with van der Waals surface area (Å²) in [7, 11) is -7.86. The third-order valence-electron chi connectivity index (χ3n) is 5.81. The van der Waals surface area contributed by atoms with Crippen molar-refractivity contribution in [1.29, 1.82) is 0 Å². The Morgan fingerprint density at radius 1 is 0.649 bits per heavy atom. The molecule has 0 aromatic heterocycles. The third kappa shape index (κ3) is 12.6. The van der Waals surface area contributed by atoms with E-state index in [-0.39, 0.29) is 31.5 Å². The summed E-state index contributed by atoms with van der Waals surface area (Å²) in [5, 5.41) is -0.0628. The van der Waals surface area contributed by atoms with Crippen molar-refractivity contribution in [2.24, 2.45) is 0 Å². The van der Waals surface area contributed by atoms with Crippen molar-refractivity contribution in [1.82, 2.24) is 0 Å². The minimum absolute atomic E-state index is 0.0628. The lowest BCUT2D eigenvalue weighted by atomic mass is 10.0. The van der Waals surface area contributed by atoms with E-state index in [4.69, 9.17) is 18.1 Å². The Morgan fingerprint density at radius 3 is 1.54 bits per heavy atom. The van der Waals surface area contributed by atoms with Crippen molar-refractivity contribution in [2.45, 2.75) is 98.8 Å². The van der Waals surface area contributed by atoms with Crippen LogP contribution >= 0.6 is 15.2 Å². The lowest BCUT2D eigenvalue weighted by molar-refractivity contribution is 0.214. The molecule has 0 radical (unpaired) electrons. The van der Waals surface area contributed by atoms with Crippen LogP contribution < -0.4 is 0 Å². The fraction of sp³-hybridized carbons (Fsp3) is 0.655. The third-order valence-corrected chi connectivity index (χ3v) is 11.1. The van der Waals surface area contributed by atoms with E-state index in [0.29, 0.717) is 0 Å². The highest BCUT2D eigenvalue weighted by atomic mass is 31.2. The van der Waals surface area contributed by atoms with Crippen LogP contribution in [-0.2, 0) is 27.2 Å². The standard InChI is InChI=1S/C29H50O6P2/c1-6-11-12-13-14-15-16-17-18-19-20-23-27-24-21-22-25-28(27)26-29(36(30,32-7-2)33-8-3)37(31,34-9-4)35-10-5/h20-26H,6-19H2,1-5H3/b23-20-. The Hall–Kier alpha value is -1.00. The monoisotopic (exact) mass is 556 g/mol. The van der Waals surface area contributed by atoms with E-state index in [9.17, 15) is 9.13 Å². The normalized spacial score (nSPS) is 12.4. The van der Waals surface area contributed by atoms with E-state index in [2.05, 4.69) is 19.1 Å². The summed E-state index contributed by atoms with van der Waals surface area (Å²) in [5.41, 5.74) is 1.68. The van der Waals surface area contributed by atoms with Gasteiger partial charge in [0.2, 0.25) is 0 Å². The molecule has 0 saturated carbocycles. The molecule has 0 aliphatic heterocycles. The molecule has 0 N–H and O–H groups in total. The zero-order valence-corrected chi connectivity index (χ0v) is 25.6. The largest absolute Gasteiger partial charge is 0.369 e. The van der Waals surface area contributed by atoms with Crippen LogP contribution in [0.25, 0.3) is 12.2 Å². The highest BCUT2D eigenvalue weighted by Gasteiger charge is 2.45. The first-order valence-electron chi connectivity index (χ1n) is 14.2. The number of unbranched alkanes of at least 4 members (excludes halogenated alkanes) is 9. The molecule has 0 aliphatic rings. The second kappa shape index (κ2) is 20.0. The van der Waals surface area contributed by atoms with Gasteiger partial charge in [0.15, 0.2) is 5.06 Å². The molecule has 0 spiro atoms. The van der Waals surface area contributed by atoms with E-state index < -0.39 is 15.2 Å². The van der Waals surface area contributed by atoms with Gasteiger partial charge in [-0.05, 0) is 57.7 Å². The van der Waals surface area contributed by atoms with Crippen LogP contribution in [-0.4, -0.2) is 26.4 Å². The summed E-state index contributed by atoms with van der Waals surface area (Å²) in [6.07, 6.45) is 18.6. The Balaban J connectivity index is 3.06. The predicted octanol–water partition coefficient (Wildman–Crippen LogP) is 10.5. The summed E-state index contributed by atoms with van der Waals surface area (Å²) in [6, 6.07) is 7.71. The highest BCUT2D eigenvalue weighted by Crippen LogP contribution is 2.74. The van der Waals surface area contributed by atoms with Crippen molar-refractivity contribution < 1.29 is 27.2 Å². The molecule has 0 heterocycles. The summed E-state index contributed by atoms with van der Waals surface area (Å²) < 4.78 is 49.9. The van der Waals surface area contributed by atoms with E-state index in [1.54, 1.807) is 33.8 Å².